The monoisotopic (exact) mass is 325 g/mol. The van der Waals surface area contributed by atoms with Crippen LogP contribution in [0.1, 0.15) is 47.3 Å². The summed E-state index contributed by atoms with van der Waals surface area (Å²) in [5.74, 6) is 1.68. The number of nitrogens with zero attached hydrogens (tertiary/aromatic N) is 1. The maximum absolute atomic E-state index is 11.9. The molecule has 24 heavy (non-hydrogen) atoms. The van der Waals surface area contributed by atoms with Crippen molar-refractivity contribution in [2.75, 3.05) is 5.32 Å². The third-order valence-corrected chi connectivity index (χ3v) is 6.75. The van der Waals surface area contributed by atoms with Crippen LogP contribution in [-0.2, 0) is 6.42 Å². The Labute approximate surface area is 141 Å². The van der Waals surface area contributed by atoms with Crippen LogP contribution in [0.25, 0.3) is 6.08 Å². The number of hydrogen-bond donors (Lipinski definition) is 3. The standard InChI is InChI=1S/C19H23N3O2/c20-19(24)14-8-21-15-3-1-2-12(15)17(14)22-16-10-4-9-5-11(7-10)18(23)13(16)6-9/h1-2,8-11,13,16,18,23H,3-7H2,(H2,20,24)(H,21,22)/t9?,10-,11+,13+,16+,18+/m0/s1. The number of primary amides is 1. The molecule has 4 fully saturated rings. The summed E-state index contributed by atoms with van der Waals surface area (Å²) in [6.07, 6.45) is 10.9. The summed E-state index contributed by atoms with van der Waals surface area (Å²) in [4.78, 5) is 16.3. The molecule has 4 N–H and O–H groups in total. The minimum absolute atomic E-state index is 0.210. The fourth-order valence-electron chi connectivity index (χ4n) is 5.81. The van der Waals surface area contributed by atoms with Crippen LogP contribution in [-0.4, -0.2) is 28.1 Å². The molecule has 6 rings (SSSR count). The number of rotatable bonds is 3. The summed E-state index contributed by atoms with van der Waals surface area (Å²) in [6, 6.07) is 0.228. The van der Waals surface area contributed by atoms with Crippen molar-refractivity contribution in [2.24, 2.45) is 29.4 Å². The number of aromatic nitrogens is 1. The zero-order valence-electron chi connectivity index (χ0n) is 13.6. The number of fused-ring (bicyclic) bond motifs is 1. The number of carbonyl (C=O) groups excluding carboxylic acids is 1. The molecule has 0 radical (unpaired) electrons. The van der Waals surface area contributed by atoms with E-state index in [2.05, 4.69) is 16.4 Å². The van der Waals surface area contributed by atoms with E-state index in [0.29, 0.717) is 17.4 Å². The maximum atomic E-state index is 11.9. The average Bonchev–Trinajstić information content (AvgIpc) is 3.03. The minimum atomic E-state index is -0.447. The predicted molar refractivity (Wildman–Crippen MR) is 91.3 cm³/mol. The fourth-order valence-corrected chi connectivity index (χ4v) is 5.81. The van der Waals surface area contributed by atoms with Crippen molar-refractivity contribution in [3.8, 4) is 0 Å². The van der Waals surface area contributed by atoms with Gasteiger partial charge in [-0.2, -0.15) is 0 Å². The number of carbonyl (C=O) groups is 1. The quantitative estimate of drug-likeness (QED) is 0.792. The van der Waals surface area contributed by atoms with Crippen LogP contribution in [0, 0.1) is 23.7 Å². The molecular formula is C19H23N3O2. The lowest BCUT2D eigenvalue weighted by Crippen LogP contribution is -2.58. The molecule has 4 bridgehead atoms. The van der Waals surface area contributed by atoms with Gasteiger partial charge in [0.1, 0.15) is 0 Å². The number of aliphatic hydroxyl groups is 1. The summed E-state index contributed by atoms with van der Waals surface area (Å²) < 4.78 is 0. The highest BCUT2D eigenvalue weighted by Crippen LogP contribution is 2.54. The van der Waals surface area contributed by atoms with E-state index < -0.39 is 5.91 Å². The van der Waals surface area contributed by atoms with Crippen LogP contribution in [0.3, 0.4) is 0 Å². The van der Waals surface area contributed by atoms with E-state index in [-0.39, 0.29) is 18.1 Å². The number of hydrogen-bond acceptors (Lipinski definition) is 4. The van der Waals surface area contributed by atoms with Crippen LogP contribution in [0.4, 0.5) is 5.69 Å². The predicted octanol–water partition coefficient (Wildman–Crippen LogP) is 1.96. The number of pyridine rings is 1. The van der Waals surface area contributed by atoms with Gasteiger partial charge in [0.05, 0.1) is 23.0 Å². The summed E-state index contributed by atoms with van der Waals surface area (Å²) in [6.45, 7) is 0. The molecule has 6 atom stereocenters. The van der Waals surface area contributed by atoms with Gasteiger partial charge in [-0.3, -0.25) is 9.78 Å². The molecule has 0 saturated heterocycles. The summed E-state index contributed by atoms with van der Waals surface area (Å²) in [5, 5.41) is 14.3. The molecule has 0 spiro atoms. The molecule has 1 unspecified atom stereocenters. The molecule has 0 aromatic carbocycles. The first kappa shape index (κ1) is 14.5. The molecular weight excluding hydrogens is 302 g/mol. The van der Waals surface area contributed by atoms with Crippen molar-refractivity contribution in [3.63, 3.8) is 0 Å². The van der Waals surface area contributed by atoms with Gasteiger partial charge in [0.2, 0.25) is 0 Å². The number of anilines is 1. The summed E-state index contributed by atoms with van der Waals surface area (Å²) >= 11 is 0. The SMILES string of the molecule is NC(=O)c1cnc2c(c1N[C@@H]1[C@H]3CC4C[C@H](C3)[C@@H](O)[C@@H]1C4)C=CC2. The van der Waals surface area contributed by atoms with Crippen LogP contribution in [0.2, 0.25) is 0 Å². The Kier molecular flexibility index (Phi) is 3.05. The van der Waals surface area contributed by atoms with E-state index in [4.69, 9.17) is 5.73 Å². The molecule has 5 aliphatic carbocycles. The highest BCUT2D eigenvalue weighted by atomic mass is 16.3. The molecule has 4 saturated carbocycles. The van der Waals surface area contributed by atoms with E-state index in [1.807, 2.05) is 6.08 Å². The van der Waals surface area contributed by atoms with Gasteiger partial charge in [-0.25, -0.2) is 0 Å². The van der Waals surface area contributed by atoms with E-state index in [0.717, 1.165) is 42.1 Å². The molecule has 1 heterocycles. The van der Waals surface area contributed by atoms with Gasteiger partial charge in [0.15, 0.2) is 0 Å². The highest BCUT2D eigenvalue weighted by Gasteiger charge is 2.53. The van der Waals surface area contributed by atoms with Gasteiger partial charge in [-0.15, -0.1) is 0 Å². The Bertz CT molecular complexity index is 744. The van der Waals surface area contributed by atoms with Gasteiger partial charge in [-0.1, -0.05) is 12.2 Å². The molecule has 1 aromatic heterocycles. The van der Waals surface area contributed by atoms with Crippen LogP contribution >= 0.6 is 0 Å². The number of nitrogens with one attached hydrogen (secondary N) is 1. The van der Waals surface area contributed by atoms with Crippen molar-refractivity contribution >= 4 is 17.7 Å². The van der Waals surface area contributed by atoms with Crippen LogP contribution < -0.4 is 11.1 Å². The second kappa shape index (κ2) is 5.06. The smallest absolute Gasteiger partial charge is 0.252 e. The van der Waals surface area contributed by atoms with E-state index in [1.165, 1.54) is 12.8 Å². The minimum Gasteiger partial charge on any atom is -0.392 e. The molecule has 5 aliphatic rings. The molecule has 5 nitrogen and oxygen atoms in total. The lowest BCUT2D eigenvalue weighted by Gasteiger charge is -2.57. The molecule has 5 heteroatoms. The Morgan fingerprint density at radius 1 is 1.25 bits per heavy atom. The lowest BCUT2D eigenvalue weighted by molar-refractivity contribution is -0.0993. The zero-order chi connectivity index (χ0) is 16.4. The largest absolute Gasteiger partial charge is 0.392 e. The molecule has 1 amide bonds. The first-order valence-corrected chi connectivity index (χ1v) is 9.04. The number of amides is 1. The number of nitrogens with two attached hydrogens (primary N) is 1. The van der Waals surface area contributed by atoms with Crippen molar-refractivity contribution in [2.45, 2.75) is 44.2 Å². The molecule has 126 valence electrons. The Morgan fingerprint density at radius 2 is 2.08 bits per heavy atom. The molecule has 1 aromatic rings. The third-order valence-electron chi connectivity index (χ3n) is 6.75. The van der Waals surface area contributed by atoms with Crippen LogP contribution in [0.5, 0.6) is 0 Å². The third kappa shape index (κ3) is 1.97. The van der Waals surface area contributed by atoms with E-state index in [1.54, 1.807) is 6.20 Å². The first-order valence-electron chi connectivity index (χ1n) is 9.04. The Hall–Kier alpha value is -1.88. The second-order valence-corrected chi connectivity index (χ2v) is 8.03. The van der Waals surface area contributed by atoms with Gasteiger partial charge in [0, 0.05) is 30.1 Å². The van der Waals surface area contributed by atoms with Gasteiger partial charge in [-0.05, 0) is 43.4 Å². The Balaban J connectivity index is 1.53. The number of allylic oxidation sites excluding steroid dienone is 1. The summed E-state index contributed by atoms with van der Waals surface area (Å²) in [7, 11) is 0. The summed E-state index contributed by atoms with van der Waals surface area (Å²) in [5.41, 5.74) is 8.87. The van der Waals surface area contributed by atoms with Gasteiger partial charge < -0.3 is 16.2 Å². The van der Waals surface area contributed by atoms with Crippen LogP contribution in [0.15, 0.2) is 12.3 Å². The number of aliphatic hydroxyl groups excluding tert-OH is 1. The van der Waals surface area contributed by atoms with Crippen molar-refractivity contribution in [1.82, 2.24) is 4.98 Å². The zero-order valence-corrected chi connectivity index (χ0v) is 13.6. The normalized spacial score (nSPS) is 38.4. The Morgan fingerprint density at radius 3 is 2.92 bits per heavy atom. The van der Waals surface area contributed by atoms with E-state index >= 15 is 0 Å². The molecule has 0 aliphatic heterocycles. The highest BCUT2D eigenvalue weighted by molar-refractivity contribution is 6.00. The van der Waals surface area contributed by atoms with E-state index in [9.17, 15) is 9.90 Å². The van der Waals surface area contributed by atoms with Crippen molar-refractivity contribution in [1.29, 1.82) is 0 Å². The maximum Gasteiger partial charge on any atom is 0.252 e. The average molecular weight is 325 g/mol. The van der Waals surface area contributed by atoms with Gasteiger partial charge >= 0.3 is 0 Å². The lowest BCUT2D eigenvalue weighted by atomic mass is 9.53. The fraction of sp³-hybridized carbons (Fsp3) is 0.579. The van der Waals surface area contributed by atoms with Crippen molar-refractivity contribution in [3.05, 3.63) is 29.1 Å². The second-order valence-electron chi connectivity index (χ2n) is 8.03. The van der Waals surface area contributed by atoms with Crippen molar-refractivity contribution < 1.29 is 9.90 Å². The topological polar surface area (TPSA) is 88.2 Å². The first-order chi connectivity index (χ1) is 11.6. The van der Waals surface area contributed by atoms with Gasteiger partial charge in [0.25, 0.3) is 5.91 Å².